The average Bonchev–Trinajstić information content (AvgIpc) is 3.38. The zero-order valence-electron chi connectivity index (χ0n) is 16.5. The van der Waals surface area contributed by atoms with E-state index in [4.69, 9.17) is 0 Å². The predicted octanol–water partition coefficient (Wildman–Crippen LogP) is 2.22. The van der Waals surface area contributed by atoms with Gasteiger partial charge in [-0.3, -0.25) is 4.79 Å². The molecule has 12 heteroatoms. The van der Waals surface area contributed by atoms with Crippen molar-refractivity contribution < 1.29 is 22.7 Å². The summed E-state index contributed by atoms with van der Waals surface area (Å²) in [4.78, 5) is 29.1. The Morgan fingerprint density at radius 2 is 1.94 bits per heavy atom. The van der Waals surface area contributed by atoms with Crippen LogP contribution < -0.4 is 15.7 Å². The Kier molecular flexibility index (Phi) is 5.67. The normalized spacial score (nSPS) is 11.6. The molecule has 0 spiro atoms. The summed E-state index contributed by atoms with van der Waals surface area (Å²) < 4.78 is 46.0. The van der Waals surface area contributed by atoms with Gasteiger partial charge in [0.15, 0.2) is 5.65 Å². The molecular weight excluding hydrogens is 429 g/mol. The van der Waals surface area contributed by atoms with Crippen LogP contribution in [0.1, 0.15) is 15.9 Å². The SMILES string of the molecule is O=C(NCc1ccccc1OC(F)(F)F)c1ccc2nn(CCn3ccnc3)c(=O)n2c1. The number of fused-ring (bicyclic) bond motifs is 1. The number of aryl methyl sites for hydroxylation is 2. The van der Waals surface area contributed by atoms with E-state index in [0.29, 0.717) is 18.7 Å². The number of halogens is 3. The first-order valence-corrected chi connectivity index (χ1v) is 9.47. The number of ether oxygens (including phenoxy) is 1. The zero-order chi connectivity index (χ0) is 22.7. The first-order chi connectivity index (χ1) is 15.3. The van der Waals surface area contributed by atoms with E-state index in [2.05, 4.69) is 20.1 Å². The summed E-state index contributed by atoms with van der Waals surface area (Å²) in [5, 5.41) is 6.77. The van der Waals surface area contributed by atoms with Crippen LogP contribution in [0.25, 0.3) is 5.65 Å². The monoisotopic (exact) mass is 446 g/mol. The van der Waals surface area contributed by atoms with Crippen molar-refractivity contribution in [3.05, 3.63) is 82.9 Å². The molecule has 0 fully saturated rings. The summed E-state index contributed by atoms with van der Waals surface area (Å²) in [6, 6.07) is 8.52. The molecular formula is C20H17F3N6O3. The van der Waals surface area contributed by atoms with E-state index in [9.17, 15) is 22.8 Å². The maximum absolute atomic E-state index is 12.6. The number of nitrogens with zero attached hydrogens (tertiary/aromatic N) is 5. The third kappa shape index (κ3) is 4.79. The van der Waals surface area contributed by atoms with Gasteiger partial charge in [-0.25, -0.2) is 18.9 Å². The first kappa shape index (κ1) is 21.2. The largest absolute Gasteiger partial charge is 0.573 e. The molecule has 1 aromatic carbocycles. The Morgan fingerprint density at radius 3 is 2.69 bits per heavy atom. The van der Waals surface area contributed by atoms with Crippen LogP contribution in [-0.4, -0.2) is 36.0 Å². The number of imidazole rings is 1. The molecule has 0 saturated heterocycles. The minimum atomic E-state index is -4.84. The van der Waals surface area contributed by atoms with Crippen LogP contribution in [0, 0.1) is 0 Å². The van der Waals surface area contributed by atoms with Gasteiger partial charge in [0.25, 0.3) is 5.91 Å². The number of para-hydroxylation sites is 1. The second-order valence-electron chi connectivity index (χ2n) is 6.79. The van der Waals surface area contributed by atoms with Crippen LogP contribution in [0.3, 0.4) is 0 Å². The van der Waals surface area contributed by atoms with E-state index in [-0.39, 0.29) is 17.7 Å². The second-order valence-corrected chi connectivity index (χ2v) is 6.79. The van der Waals surface area contributed by atoms with Gasteiger partial charge in [0.1, 0.15) is 5.75 Å². The summed E-state index contributed by atoms with van der Waals surface area (Å²) in [6.45, 7) is 0.618. The molecule has 166 valence electrons. The number of hydrogen-bond acceptors (Lipinski definition) is 5. The van der Waals surface area contributed by atoms with Crippen LogP contribution in [0.5, 0.6) is 5.75 Å². The summed E-state index contributed by atoms with van der Waals surface area (Å²) in [5.41, 5.74) is 0.256. The molecule has 0 aliphatic carbocycles. The second kappa shape index (κ2) is 8.57. The van der Waals surface area contributed by atoms with E-state index in [1.165, 1.54) is 51.7 Å². The van der Waals surface area contributed by atoms with Gasteiger partial charge in [-0.05, 0) is 18.2 Å². The van der Waals surface area contributed by atoms with Crippen molar-refractivity contribution in [2.45, 2.75) is 26.0 Å². The fourth-order valence-corrected chi connectivity index (χ4v) is 3.08. The minimum Gasteiger partial charge on any atom is -0.405 e. The van der Waals surface area contributed by atoms with Crippen molar-refractivity contribution in [1.29, 1.82) is 0 Å². The van der Waals surface area contributed by atoms with Crippen LogP contribution in [0.4, 0.5) is 13.2 Å². The maximum Gasteiger partial charge on any atom is 0.573 e. The number of benzene rings is 1. The van der Waals surface area contributed by atoms with Crippen LogP contribution >= 0.6 is 0 Å². The lowest BCUT2D eigenvalue weighted by atomic mass is 10.2. The smallest absolute Gasteiger partial charge is 0.405 e. The third-order valence-electron chi connectivity index (χ3n) is 4.61. The van der Waals surface area contributed by atoms with Gasteiger partial charge in [-0.2, -0.15) is 0 Å². The van der Waals surface area contributed by atoms with Crippen LogP contribution in [-0.2, 0) is 19.6 Å². The van der Waals surface area contributed by atoms with Crippen LogP contribution in [0.2, 0.25) is 0 Å². The molecule has 0 aliphatic heterocycles. The van der Waals surface area contributed by atoms with Gasteiger partial charge in [0, 0.05) is 37.2 Å². The Hall–Kier alpha value is -4.09. The highest BCUT2D eigenvalue weighted by Crippen LogP contribution is 2.26. The van der Waals surface area contributed by atoms with Gasteiger partial charge < -0.3 is 14.6 Å². The molecule has 0 atom stereocenters. The first-order valence-electron chi connectivity index (χ1n) is 9.47. The van der Waals surface area contributed by atoms with Gasteiger partial charge in [0.2, 0.25) is 0 Å². The molecule has 0 saturated carbocycles. The number of carbonyl (C=O) groups is 1. The molecule has 3 heterocycles. The van der Waals surface area contributed by atoms with E-state index in [1.807, 2.05) is 0 Å². The Balaban J connectivity index is 1.47. The Bertz CT molecular complexity index is 1290. The number of nitrogens with one attached hydrogen (secondary N) is 1. The van der Waals surface area contributed by atoms with Gasteiger partial charge in [0.05, 0.1) is 18.4 Å². The van der Waals surface area contributed by atoms with Crippen molar-refractivity contribution in [3.8, 4) is 5.75 Å². The number of aromatic nitrogens is 5. The summed E-state index contributed by atoms with van der Waals surface area (Å²) >= 11 is 0. The lowest BCUT2D eigenvalue weighted by Gasteiger charge is -2.13. The zero-order valence-corrected chi connectivity index (χ0v) is 16.5. The van der Waals surface area contributed by atoms with Gasteiger partial charge in [-0.1, -0.05) is 18.2 Å². The van der Waals surface area contributed by atoms with E-state index in [0.717, 1.165) is 0 Å². The number of amides is 1. The van der Waals surface area contributed by atoms with E-state index >= 15 is 0 Å². The molecule has 1 N–H and O–H groups in total. The minimum absolute atomic E-state index is 0.156. The summed E-state index contributed by atoms with van der Waals surface area (Å²) in [7, 11) is 0. The molecule has 32 heavy (non-hydrogen) atoms. The van der Waals surface area contributed by atoms with Crippen molar-refractivity contribution >= 4 is 11.6 Å². The molecule has 9 nitrogen and oxygen atoms in total. The summed E-state index contributed by atoms with van der Waals surface area (Å²) in [5.74, 6) is -0.960. The number of pyridine rings is 1. The molecule has 4 aromatic rings. The van der Waals surface area contributed by atoms with Gasteiger partial charge >= 0.3 is 12.1 Å². The molecule has 0 radical (unpaired) electrons. The Morgan fingerprint density at radius 1 is 1.12 bits per heavy atom. The van der Waals surface area contributed by atoms with E-state index < -0.39 is 23.7 Å². The van der Waals surface area contributed by atoms with E-state index in [1.54, 1.807) is 23.3 Å². The highest BCUT2D eigenvalue weighted by atomic mass is 19.4. The topological polar surface area (TPSA) is 95.4 Å². The highest BCUT2D eigenvalue weighted by molar-refractivity contribution is 5.94. The molecule has 0 unspecified atom stereocenters. The highest BCUT2D eigenvalue weighted by Gasteiger charge is 2.32. The van der Waals surface area contributed by atoms with Crippen molar-refractivity contribution in [3.63, 3.8) is 0 Å². The summed E-state index contributed by atoms with van der Waals surface area (Å²) in [6.07, 6.45) is 1.52. The molecule has 0 bridgehead atoms. The van der Waals surface area contributed by atoms with Crippen molar-refractivity contribution in [1.82, 2.24) is 29.0 Å². The number of carbonyl (C=O) groups excluding carboxylic acids is 1. The number of hydrogen-bond donors (Lipinski definition) is 1. The molecule has 3 aromatic heterocycles. The molecule has 0 aliphatic rings. The maximum atomic E-state index is 12.6. The average molecular weight is 446 g/mol. The predicted molar refractivity (Wildman–Crippen MR) is 106 cm³/mol. The fraction of sp³-hybridized carbons (Fsp3) is 0.200. The third-order valence-corrected chi connectivity index (χ3v) is 4.61. The fourth-order valence-electron chi connectivity index (χ4n) is 3.08. The van der Waals surface area contributed by atoms with Crippen molar-refractivity contribution in [2.24, 2.45) is 0 Å². The van der Waals surface area contributed by atoms with Gasteiger partial charge in [-0.15, -0.1) is 18.3 Å². The lowest BCUT2D eigenvalue weighted by Crippen LogP contribution is -2.26. The number of alkyl halides is 3. The Labute approximate surface area is 178 Å². The van der Waals surface area contributed by atoms with Crippen molar-refractivity contribution in [2.75, 3.05) is 0 Å². The quantitative estimate of drug-likeness (QED) is 0.470. The van der Waals surface area contributed by atoms with Crippen LogP contribution in [0.15, 0.2) is 66.1 Å². The lowest BCUT2D eigenvalue weighted by molar-refractivity contribution is -0.274. The molecule has 1 amide bonds. The standard InChI is InChI=1S/C20H17F3N6O3/c21-20(22,23)32-16-4-2-1-3-14(16)11-25-18(30)15-5-6-17-26-29(19(31)28(17)12-15)10-9-27-8-7-24-13-27/h1-8,12-13H,9-11H2,(H,25,30). The molecule has 4 rings (SSSR count). The number of rotatable bonds is 7.